The van der Waals surface area contributed by atoms with Crippen LogP contribution in [0.15, 0.2) is 71.7 Å². The fourth-order valence-corrected chi connectivity index (χ4v) is 3.68. The van der Waals surface area contributed by atoms with Gasteiger partial charge in [-0.2, -0.15) is 0 Å². The third-order valence-corrected chi connectivity index (χ3v) is 5.57. The molecule has 0 bridgehead atoms. The molecule has 36 heavy (non-hydrogen) atoms. The van der Waals surface area contributed by atoms with Gasteiger partial charge >= 0.3 is 0 Å². The van der Waals surface area contributed by atoms with Gasteiger partial charge in [-0.1, -0.05) is 43.6 Å². The molecule has 4 rings (SSSR count). The molecule has 2 amide bonds. The Bertz CT molecular complexity index is 1440. The molecule has 3 N–H and O–H groups in total. The number of nitrogens with two attached hydrogens (primary N) is 1. The van der Waals surface area contributed by atoms with E-state index in [0.717, 1.165) is 0 Å². The molecule has 0 atom stereocenters. The Kier molecular flexibility index (Phi) is 8.29. The number of para-hydroxylation sites is 1. The van der Waals surface area contributed by atoms with Gasteiger partial charge in [0.2, 0.25) is 0 Å². The highest BCUT2D eigenvalue weighted by atomic mass is 35.5. The van der Waals surface area contributed by atoms with Crippen LogP contribution in [0.5, 0.6) is 11.5 Å². The van der Waals surface area contributed by atoms with Gasteiger partial charge in [0.1, 0.15) is 27.8 Å². The SMILES string of the molecule is CC.Cc1c(C(=O)Nc2ccc(Oc3ccnc(C(N)=O)c3Cl)cc2)c(=O)n(-c2ccccc2)n1C. The summed E-state index contributed by atoms with van der Waals surface area (Å²) >= 11 is 6.13. The number of carbonyl (C=O) groups excluding carboxylic acids is 2. The van der Waals surface area contributed by atoms with Crippen LogP contribution >= 0.6 is 11.6 Å². The minimum absolute atomic E-state index is 0.00151. The molecule has 0 aliphatic carbocycles. The predicted octanol–water partition coefficient (Wildman–Crippen LogP) is 4.70. The summed E-state index contributed by atoms with van der Waals surface area (Å²) in [6.07, 6.45) is 1.36. The monoisotopic (exact) mass is 507 g/mol. The summed E-state index contributed by atoms with van der Waals surface area (Å²) in [5, 5.41) is 2.74. The summed E-state index contributed by atoms with van der Waals surface area (Å²) in [7, 11) is 1.72. The highest BCUT2D eigenvalue weighted by molar-refractivity contribution is 6.34. The molecule has 0 spiro atoms. The van der Waals surface area contributed by atoms with Gasteiger partial charge in [0.25, 0.3) is 17.4 Å². The smallest absolute Gasteiger partial charge is 0.284 e. The molecule has 2 heterocycles. The zero-order chi connectivity index (χ0) is 26.4. The topological polar surface area (TPSA) is 121 Å². The van der Waals surface area contributed by atoms with Crippen molar-refractivity contribution >= 4 is 29.1 Å². The van der Waals surface area contributed by atoms with Crippen LogP contribution in [0.2, 0.25) is 5.02 Å². The third-order valence-electron chi connectivity index (χ3n) is 5.21. The van der Waals surface area contributed by atoms with E-state index in [1.165, 1.54) is 16.9 Å². The second-order valence-corrected chi connectivity index (χ2v) is 7.73. The van der Waals surface area contributed by atoms with Gasteiger partial charge in [0, 0.05) is 25.0 Å². The highest BCUT2D eigenvalue weighted by Gasteiger charge is 2.22. The van der Waals surface area contributed by atoms with E-state index in [2.05, 4.69) is 10.3 Å². The number of halogens is 1. The molecule has 0 saturated heterocycles. The minimum Gasteiger partial charge on any atom is -0.456 e. The predicted molar refractivity (Wildman–Crippen MR) is 139 cm³/mol. The number of nitrogens with one attached hydrogen (secondary N) is 1. The standard InChI is InChI=1S/C24H20ClN5O4.C2H6/c1-14-19(24(33)30(29(14)2)16-6-4-3-5-7-16)23(32)28-15-8-10-17(11-9-15)34-18-12-13-27-21(20(18)25)22(26)31;1-2/h3-13H,1-2H3,(H2,26,31)(H,28,32);1-2H3. The summed E-state index contributed by atoms with van der Waals surface area (Å²) in [5.74, 6) is -0.673. The van der Waals surface area contributed by atoms with Crippen molar-refractivity contribution < 1.29 is 14.3 Å². The number of pyridine rings is 1. The number of aromatic nitrogens is 3. The summed E-state index contributed by atoms with van der Waals surface area (Å²) in [6.45, 7) is 5.71. The van der Waals surface area contributed by atoms with Crippen LogP contribution in [-0.2, 0) is 7.05 Å². The number of hydrogen-bond acceptors (Lipinski definition) is 5. The number of nitrogens with zero attached hydrogens (tertiary/aromatic N) is 3. The maximum absolute atomic E-state index is 13.0. The number of anilines is 1. The van der Waals surface area contributed by atoms with Gasteiger partial charge in [0.15, 0.2) is 0 Å². The molecular formula is C26H26ClN5O4. The fourth-order valence-electron chi connectivity index (χ4n) is 3.43. The van der Waals surface area contributed by atoms with E-state index in [1.807, 2.05) is 32.0 Å². The zero-order valence-electron chi connectivity index (χ0n) is 20.3. The van der Waals surface area contributed by atoms with Crippen molar-refractivity contribution in [1.29, 1.82) is 0 Å². The average molecular weight is 508 g/mol. The lowest BCUT2D eigenvalue weighted by atomic mass is 10.2. The number of benzene rings is 2. The van der Waals surface area contributed by atoms with Crippen molar-refractivity contribution in [2.75, 3.05) is 5.32 Å². The van der Waals surface area contributed by atoms with Crippen LogP contribution in [0.25, 0.3) is 5.69 Å². The van der Waals surface area contributed by atoms with Crippen molar-refractivity contribution in [2.45, 2.75) is 20.8 Å². The molecule has 2 aromatic heterocycles. The summed E-state index contributed by atoms with van der Waals surface area (Å²) in [6, 6.07) is 17.0. The third kappa shape index (κ3) is 5.31. The van der Waals surface area contributed by atoms with E-state index in [4.69, 9.17) is 22.1 Å². The van der Waals surface area contributed by atoms with Crippen LogP contribution in [0.1, 0.15) is 40.4 Å². The largest absolute Gasteiger partial charge is 0.456 e. The molecule has 0 unspecified atom stereocenters. The molecule has 10 heteroatoms. The number of carbonyl (C=O) groups is 2. The van der Waals surface area contributed by atoms with Crippen LogP contribution in [0.3, 0.4) is 0 Å². The van der Waals surface area contributed by atoms with Gasteiger partial charge in [0.05, 0.1) is 11.4 Å². The minimum atomic E-state index is -0.768. The van der Waals surface area contributed by atoms with E-state index in [1.54, 1.807) is 55.1 Å². The molecule has 0 radical (unpaired) electrons. The second-order valence-electron chi connectivity index (χ2n) is 7.35. The van der Waals surface area contributed by atoms with E-state index in [-0.39, 0.29) is 22.0 Å². The molecule has 2 aromatic carbocycles. The Hall–Kier alpha value is -4.37. The number of amides is 2. The lowest BCUT2D eigenvalue weighted by molar-refractivity contribution is 0.0993. The van der Waals surface area contributed by atoms with E-state index in [0.29, 0.717) is 22.8 Å². The van der Waals surface area contributed by atoms with Crippen molar-refractivity contribution in [1.82, 2.24) is 14.3 Å². The van der Waals surface area contributed by atoms with Gasteiger partial charge in [-0.25, -0.2) is 9.67 Å². The Morgan fingerprint density at radius 3 is 2.28 bits per heavy atom. The quantitative estimate of drug-likeness (QED) is 0.391. The number of hydrogen-bond donors (Lipinski definition) is 2. The van der Waals surface area contributed by atoms with Crippen LogP contribution < -0.4 is 21.3 Å². The highest BCUT2D eigenvalue weighted by Crippen LogP contribution is 2.31. The Labute approximate surface area is 213 Å². The van der Waals surface area contributed by atoms with Gasteiger partial charge in [-0.05, 0) is 43.3 Å². The zero-order valence-corrected chi connectivity index (χ0v) is 21.0. The number of ether oxygens (including phenoxy) is 1. The molecule has 0 aliphatic heterocycles. The maximum Gasteiger partial charge on any atom is 0.284 e. The van der Waals surface area contributed by atoms with Gasteiger partial charge in [-0.15, -0.1) is 0 Å². The summed E-state index contributed by atoms with van der Waals surface area (Å²) in [5.41, 5.74) is 6.44. The number of primary amides is 1. The van der Waals surface area contributed by atoms with Crippen molar-refractivity contribution in [3.63, 3.8) is 0 Å². The fraction of sp³-hybridized carbons (Fsp3) is 0.154. The van der Waals surface area contributed by atoms with Crippen molar-refractivity contribution in [3.05, 3.63) is 99.2 Å². The Balaban J connectivity index is 0.00000176. The van der Waals surface area contributed by atoms with E-state index < -0.39 is 17.4 Å². The van der Waals surface area contributed by atoms with Gasteiger partial charge in [-0.3, -0.25) is 19.1 Å². The molecule has 4 aromatic rings. The number of rotatable bonds is 6. The van der Waals surface area contributed by atoms with Crippen LogP contribution in [0.4, 0.5) is 5.69 Å². The maximum atomic E-state index is 13.0. The normalized spacial score (nSPS) is 10.2. The van der Waals surface area contributed by atoms with Gasteiger partial charge < -0.3 is 15.8 Å². The average Bonchev–Trinajstić information content (AvgIpc) is 3.10. The first-order valence-corrected chi connectivity index (χ1v) is 11.5. The van der Waals surface area contributed by atoms with Crippen molar-refractivity contribution in [3.8, 4) is 17.2 Å². The first-order valence-electron chi connectivity index (χ1n) is 11.2. The Morgan fingerprint density at radius 2 is 1.67 bits per heavy atom. The molecule has 186 valence electrons. The first-order chi connectivity index (χ1) is 17.3. The molecule has 0 fully saturated rings. The molecular weight excluding hydrogens is 482 g/mol. The lowest BCUT2D eigenvalue weighted by Gasteiger charge is -2.10. The van der Waals surface area contributed by atoms with E-state index in [9.17, 15) is 14.4 Å². The first kappa shape index (κ1) is 26.2. The Morgan fingerprint density at radius 1 is 1.03 bits per heavy atom. The van der Waals surface area contributed by atoms with Crippen molar-refractivity contribution in [2.24, 2.45) is 12.8 Å². The molecule has 0 aliphatic rings. The molecule has 9 nitrogen and oxygen atoms in total. The lowest BCUT2D eigenvalue weighted by Crippen LogP contribution is -2.25. The second kappa shape index (κ2) is 11.4. The summed E-state index contributed by atoms with van der Waals surface area (Å²) < 4.78 is 8.79. The summed E-state index contributed by atoms with van der Waals surface area (Å²) in [4.78, 5) is 41.2. The van der Waals surface area contributed by atoms with Crippen LogP contribution in [0, 0.1) is 6.92 Å². The van der Waals surface area contributed by atoms with E-state index >= 15 is 0 Å². The molecule has 0 saturated carbocycles. The van der Waals surface area contributed by atoms with Crippen LogP contribution in [-0.4, -0.2) is 26.2 Å².